The molecule has 1 heterocycles. The van der Waals surface area contributed by atoms with Crippen LogP contribution in [0, 0.1) is 0 Å². The van der Waals surface area contributed by atoms with Crippen LogP contribution in [0.5, 0.6) is 0 Å². The van der Waals surface area contributed by atoms with Gasteiger partial charge in [-0.05, 0) is 43.2 Å². The highest BCUT2D eigenvalue weighted by atomic mass is 19.4. The van der Waals surface area contributed by atoms with Crippen LogP contribution in [0.25, 0.3) is 0 Å². The molecule has 0 saturated carbocycles. The van der Waals surface area contributed by atoms with Crippen molar-refractivity contribution in [1.82, 2.24) is 14.4 Å². The average molecular weight is 536 g/mol. The normalized spacial score (nSPS) is 12.0. The molecule has 1 aromatic carbocycles. The monoisotopic (exact) mass is 535 g/mol. The van der Waals surface area contributed by atoms with Crippen molar-refractivity contribution < 1.29 is 40.7 Å². The Bertz CT molecular complexity index is 1020. The Morgan fingerprint density at radius 3 is 2.03 bits per heavy atom. The Hall–Kier alpha value is -3.02. The zero-order valence-corrected chi connectivity index (χ0v) is 21.0. The third-order valence-electron chi connectivity index (χ3n) is 5.76. The number of carbonyl (C=O) groups excluding carboxylic acids is 2. The summed E-state index contributed by atoms with van der Waals surface area (Å²) >= 11 is 0. The second kappa shape index (κ2) is 13.0. The van der Waals surface area contributed by atoms with E-state index in [-0.39, 0.29) is 32.2 Å². The molecule has 0 unspecified atom stereocenters. The van der Waals surface area contributed by atoms with Crippen molar-refractivity contribution in [2.24, 2.45) is 7.05 Å². The summed E-state index contributed by atoms with van der Waals surface area (Å²) in [7, 11) is 3.22. The van der Waals surface area contributed by atoms with E-state index in [9.17, 15) is 35.9 Å². The number of halogens is 6. The second-order valence-electron chi connectivity index (χ2n) is 8.65. The van der Waals surface area contributed by atoms with E-state index in [1.807, 2.05) is 36.9 Å². The van der Waals surface area contributed by atoms with Gasteiger partial charge in [0, 0.05) is 51.3 Å². The number of ether oxygens (including phenoxy) is 1. The lowest BCUT2D eigenvalue weighted by atomic mass is 10.0. The lowest BCUT2D eigenvalue weighted by molar-refractivity contribution is -0.143. The Morgan fingerprint density at radius 2 is 1.54 bits per heavy atom. The quantitative estimate of drug-likeness (QED) is 0.271. The number of carbonyl (C=O) groups is 2. The van der Waals surface area contributed by atoms with Gasteiger partial charge < -0.3 is 19.1 Å². The molecule has 1 aromatic heterocycles. The van der Waals surface area contributed by atoms with E-state index in [2.05, 4.69) is 0 Å². The van der Waals surface area contributed by atoms with Crippen LogP contribution in [-0.2, 0) is 35.5 Å². The molecule has 6 nitrogen and oxygen atoms in total. The van der Waals surface area contributed by atoms with Crippen molar-refractivity contribution >= 4 is 11.8 Å². The molecule has 0 atom stereocenters. The maximum atomic E-state index is 13.3. The highest BCUT2D eigenvalue weighted by Crippen LogP contribution is 2.36. The molecule has 0 bridgehead atoms. The number of benzene rings is 1. The summed E-state index contributed by atoms with van der Waals surface area (Å²) in [5, 5.41) is 0. The fraction of sp³-hybridized carbons (Fsp3) is 0.520. The highest BCUT2D eigenvalue weighted by Gasteiger charge is 2.38. The van der Waals surface area contributed by atoms with Gasteiger partial charge in [0.2, 0.25) is 5.91 Å². The first-order valence-corrected chi connectivity index (χ1v) is 11.7. The summed E-state index contributed by atoms with van der Waals surface area (Å²) in [5.74, 6) is -1.57. The van der Waals surface area contributed by atoms with Crippen molar-refractivity contribution in [3.05, 3.63) is 58.9 Å². The average Bonchev–Trinajstić information content (AvgIpc) is 3.23. The lowest BCUT2D eigenvalue weighted by Crippen LogP contribution is -2.44. The first kappa shape index (κ1) is 30.2. The SMILES string of the molecule is CCCCN(Cc1cccn1C)C(=O)CN(CCCOC)C(=O)c1cc(C(F)(F)F)cc(C(F)(F)F)c1. The van der Waals surface area contributed by atoms with Gasteiger partial charge in [0.25, 0.3) is 5.91 Å². The number of nitrogens with zero attached hydrogens (tertiary/aromatic N) is 3. The Kier molecular flexibility index (Phi) is 10.6. The van der Waals surface area contributed by atoms with Crippen molar-refractivity contribution in [1.29, 1.82) is 0 Å². The third kappa shape index (κ3) is 8.80. The standard InChI is InChI=1S/C25H31F6N3O3/c1-4-5-10-33(16-21-8-6-9-32(21)2)22(35)17-34(11-7-12-37-3)23(36)18-13-19(24(26,27)28)15-20(14-18)25(29,30)31/h6,8-9,13-15H,4-5,7,10-12,16-17H2,1-3H3. The number of hydrogen-bond donors (Lipinski definition) is 0. The number of hydrogen-bond acceptors (Lipinski definition) is 3. The summed E-state index contributed by atoms with van der Waals surface area (Å²) in [5.41, 5.74) is -3.16. The van der Waals surface area contributed by atoms with Crippen LogP contribution in [0.4, 0.5) is 26.3 Å². The molecule has 0 saturated heterocycles. The zero-order valence-electron chi connectivity index (χ0n) is 21.0. The van der Waals surface area contributed by atoms with Gasteiger partial charge >= 0.3 is 12.4 Å². The molecular formula is C25H31F6N3O3. The fourth-order valence-electron chi connectivity index (χ4n) is 3.67. The van der Waals surface area contributed by atoms with Crippen LogP contribution in [0.2, 0.25) is 0 Å². The number of rotatable bonds is 12. The molecule has 0 spiro atoms. The van der Waals surface area contributed by atoms with E-state index in [1.54, 1.807) is 0 Å². The number of aromatic nitrogens is 1. The molecule has 0 N–H and O–H groups in total. The van der Waals surface area contributed by atoms with Crippen molar-refractivity contribution in [3.8, 4) is 0 Å². The Balaban J connectivity index is 2.39. The highest BCUT2D eigenvalue weighted by molar-refractivity contribution is 5.97. The molecule has 2 rings (SSSR count). The molecule has 0 aliphatic rings. The summed E-state index contributed by atoms with van der Waals surface area (Å²) in [6.45, 7) is 2.14. The predicted molar refractivity (Wildman–Crippen MR) is 125 cm³/mol. The largest absolute Gasteiger partial charge is 0.416 e. The van der Waals surface area contributed by atoms with Gasteiger partial charge in [-0.15, -0.1) is 0 Å². The molecule has 0 aliphatic heterocycles. The number of aryl methyl sites for hydroxylation is 1. The maximum Gasteiger partial charge on any atom is 0.416 e. The molecular weight excluding hydrogens is 504 g/mol. The van der Waals surface area contributed by atoms with Crippen molar-refractivity contribution in [3.63, 3.8) is 0 Å². The lowest BCUT2D eigenvalue weighted by Gasteiger charge is -2.28. The summed E-state index contributed by atoms with van der Waals surface area (Å²) in [4.78, 5) is 29.0. The minimum absolute atomic E-state index is 0.0382. The fourth-order valence-corrected chi connectivity index (χ4v) is 3.67. The van der Waals surface area contributed by atoms with Crippen LogP contribution < -0.4 is 0 Å². The van der Waals surface area contributed by atoms with Gasteiger partial charge in [-0.2, -0.15) is 26.3 Å². The van der Waals surface area contributed by atoms with Crippen LogP contribution in [0.1, 0.15) is 53.4 Å². The Labute approximate surface area is 211 Å². The van der Waals surface area contributed by atoms with Crippen LogP contribution >= 0.6 is 0 Å². The first-order chi connectivity index (χ1) is 17.3. The van der Waals surface area contributed by atoms with Crippen LogP contribution in [0.3, 0.4) is 0 Å². The number of methoxy groups -OCH3 is 1. The summed E-state index contributed by atoms with van der Waals surface area (Å²) in [6, 6.07) is 4.36. The van der Waals surface area contributed by atoms with E-state index in [0.29, 0.717) is 25.1 Å². The molecule has 0 aliphatic carbocycles. The van der Waals surface area contributed by atoms with Crippen LogP contribution in [-0.4, -0.2) is 59.5 Å². The van der Waals surface area contributed by atoms with E-state index in [0.717, 1.165) is 17.0 Å². The van der Waals surface area contributed by atoms with Gasteiger partial charge in [-0.3, -0.25) is 9.59 Å². The van der Waals surface area contributed by atoms with Crippen molar-refractivity contribution in [2.45, 2.75) is 45.1 Å². The Morgan fingerprint density at radius 1 is 0.946 bits per heavy atom. The van der Waals surface area contributed by atoms with E-state index in [4.69, 9.17) is 4.74 Å². The minimum Gasteiger partial charge on any atom is -0.385 e. The van der Waals surface area contributed by atoms with E-state index in [1.165, 1.54) is 12.0 Å². The summed E-state index contributed by atoms with van der Waals surface area (Å²) < 4.78 is 86.7. The van der Waals surface area contributed by atoms with Gasteiger partial charge in [-0.1, -0.05) is 13.3 Å². The molecule has 12 heteroatoms. The molecule has 0 radical (unpaired) electrons. The molecule has 37 heavy (non-hydrogen) atoms. The third-order valence-corrected chi connectivity index (χ3v) is 5.76. The first-order valence-electron chi connectivity index (χ1n) is 11.7. The van der Waals surface area contributed by atoms with E-state index < -0.39 is 47.4 Å². The second-order valence-corrected chi connectivity index (χ2v) is 8.65. The molecule has 2 amide bonds. The smallest absolute Gasteiger partial charge is 0.385 e. The summed E-state index contributed by atoms with van der Waals surface area (Å²) in [6.07, 6.45) is -6.69. The molecule has 0 fully saturated rings. The van der Waals surface area contributed by atoms with Crippen LogP contribution in [0.15, 0.2) is 36.5 Å². The molecule has 206 valence electrons. The van der Waals surface area contributed by atoms with Gasteiger partial charge in [-0.25, -0.2) is 0 Å². The zero-order chi connectivity index (χ0) is 27.8. The minimum atomic E-state index is -5.10. The topological polar surface area (TPSA) is 54.8 Å². The van der Waals surface area contributed by atoms with E-state index >= 15 is 0 Å². The van der Waals surface area contributed by atoms with Crippen molar-refractivity contribution in [2.75, 3.05) is 33.4 Å². The van der Waals surface area contributed by atoms with Gasteiger partial charge in [0.1, 0.15) is 6.54 Å². The molecule has 2 aromatic rings. The number of unbranched alkanes of at least 4 members (excludes halogenated alkanes) is 1. The van der Waals surface area contributed by atoms with Gasteiger partial charge in [0.05, 0.1) is 17.7 Å². The maximum absolute atomic E-state index is 13.3. The number of amides is 2. The number of alkyl halides is 6. The predicted octanol–water partition coefficient (Wildman–Crippen LogP) is 5.37. The van der Waals surface area contributed by atoms with Gasteiger partial charge in [0.15, 0.2) is 0 Å².